The first kappa shape index (κ1) is 17.5. The molecule has 130 valence electrons. The topological polar surface area (TPSA) is 80.5 Å². The molecule has 1 aromatic rings. The van der Waals surface area contributed by atoms with Crippen molar-refractivity contribution in [1.82, 2.24) is 20.4 Å². The van der Waals surface area contributed by atoms with Crippen LogP contribution in [0.4, 0.5) is 18.0 Å². The van der Waals surface area contributed by atoms with Gasteiger partial charge in [-0.25, -0.2) is 4.79 Å². The number of aromatic nitrogens is 2. The Hall–Kier alpha value is -1.84. The number of aryl methyl sites for hydroxylation is 1. The maximum Gasteiger partial charge on any atom is 0.416 e. The summed E-state index contributed by atoms with van der Waals surface area (Å²) in [4.78, 5) is 17.2. The molecule has 1 unspecified atom stereocenters. The van der Waals surface area contributed by atoms with Gasteiger partial charge in [0.25, 0.3) is 0 Å². The van der Waals surface area contributed by atoms with Gasteiger partial charge in [-0.1, -0.05) is 5.16 Å². The minimum atomic E-state index is -4.52. The fourth-order valence-corrected chi connectivity index (χ4v) is 2.34. The van der Waals surface area contributed by atoms with E-state index in [1.165, 1.54) is 13.8 Å². The zero-order valence-corrected chi connectivity index (χ0v) is 13.1. The molecule has 2 heterocycles. The van der Waals surface area contributed by atoms with Gasteiger partial charge in [0.05, 0.1) is 18.7 Å². The summed E-state index contributed by atoms with van der Waals surface area (Å²) in [5.41, 5.74) is -1.07. The van der Waals surface area contributed by atoms with E-state index in [4.69, 9.17) is 9.26 Å². The SMILES string of the molecule is Cc1noc(CCNC(=O)N2CC(C(F)(F)F)OC(C)(C)C2)n1. The van der Waals surface area contributed by atoms with Gasteiger partial charge in [-0.15, -0.1) is 0 Å². The van der Waals surface area contributed by atoms with Gasteiger partial charge in [0.1, 0.15) is 0 Å². The number of amides is 2. The first-order chi connectivity index (χ1) is 10.6. The number of morpholine rings is 1. The van der Waals surface area contributed by atoms with Crippen LogP contribution >= 0.6 is 0 Å². The third-order valence-electron chi connectivity index (χ3n) is 3.26. The van der Waals surface area contributed by atoms with Crippen LogP contribution in [0, 0.1) is 6.92 Å². The maximum atomic E-state index is 12.9. The minimum absolute atomic E-state index is 0.0745. The lowest BCUT2D eigenvalue weighted by Crippen LogP contribution is -2.60. The van der Waals surface area contributed by atoms with Crippen molar-refractivity contribution in [3.8, 4) is 0 Å². The summed E-state index contributed by atoms with van der Waals surface area (Å²) in [6.45, 7) is 4.44. The molecule has 1 aliphatic rings. The summed E-state index contributed by atoms with van der Waals surface area (Å²) in [7, 11) is 0. The summed E-state index contributed by atoms with van der Waals surface area (Å²) in [6, 6.07) is -0.577. The number of carbonyl (C=O) groups is 1. The van der Waals surface area contributed by atoms with Gasteiger partial charge in [0, 0.05) is 13.0 Å². The molecule has 2 rings (SSSR count). The number of ether oxygens (including phenoxy) is 1. The Kier molecular flexibility index (Phi) is 4.83. The fraction of sp³-hybridized carbons (Fsp3) is 0.769. The summed E-state index contributed by atoms with van der Waals surface area (Å²) >= 11 is 0. The van der Waals surface area contributed by atoms with Crippen molar-refractivity contribution in [2.45, 2.75) is 45.1 Å². The van der Waals surface area contributed by atoms with E-state index in [1.54, 1.807) is 6.92 Å². The number of nitrogens with one attached hydrogen (secondary N) is 1. The highest BCUT2D eigenvalue weighted by molar-refractivity contribution is 5.74. The lowest BCUT2D eigenvalue weighted by atomic mass is 10.1. The van der Waals surface area contributed by atoms with Gasteiger partial charge in [-0.05, 0) is 20.8 Å². The maximum absolute atomic E-state index is 12.9. The third kappa shape index (κ3) is 4.81. The number of nitrogens with zero attached hydrogens (tertiary/aromatic N) is 3. The van der Waals surface area contributed by atoms with Gasteiger partial charge in [-0.3, -0.25) is 0 Å². The summed E-state index contributed by atoms with van der Waals surface area (Å²) in [5.74, 6) is 0.840. The van der Waals surface area contributed by atoms with Crippen molar-refractivity contribution in [2.24, 2.45) is 0 Å². The van der Waals surface area contributed by atoms with Gasteiger partial charge >= 0.3 is 12.2 Å². The molecular formula is C13H19F3N4O3. The third-order valence-corrected chi connectivity index (χ3v) is 3.26. The Labute approximate surface area is 131 Å². The number of hydrogen-bond acceptors (Lipinski definition) is 5. The first-order valence-corrected chi connectivity index (χ1v) is 7.13. The molecule has 1 atom stereocenters. The molecule has 0 saturated carbocycles. The standard InChI is InChI=1S/C13H19F3N4O3/c1-8-18-10(23-19-8)4-5-17-11(21)20-6-9(13(14,15)16)22-12(2,3)7-20/h9H,4-7H2,1-3H3,(H,17,21). The Morgan fingerprint density at radius 3 is 2.74 bits per heavy atom. The number of alkyl halides is 3. The summed E-state index contributed by atoms with van der Waals surface area (Å²) in [5, 5.41) is 6.17. The number of rotatable bonds is 3. The summed E-state index contributed by atoms with van der Waals surface area (Å²) < 4.78 is 48.6. The van der Waals surface area contributed by atoms with Crippen LogP contribution in [0.15, 0.2) is 4.52 Å². The van der Waals surface area contributed by atoms with Gasteiger partial charge < -0.3 is 19.5 Å². The smallest absolute Gasteiger partial charge is 0.359 e. The molecule has 1 saturated heterocycles. The predicted octanol–water partition coefficient (Wildman–Crippen LogP) is 1.67. The monoisotopic (exact) mass is 336 g/mol. The van der Waals surface area contributed by atoms with Crippen LogP contribution in [0.1, 0.15) is 25.6 Å². The molecule has 0 aromatic carbocycles. The number of urea groups is 1. The van der Waals surface area contributed by atoms with Crippen LogP contribution in [0.2, 0.25) is 0 Å². The van der Waals surface area contributed by atoms with Crippen LogP contribution in [-0.2, 0) is 11.2 Å². The fourth-order valence-electron chi connectivity index (χ4n) is 2.34. The number of carbonyl (C=O) groups excluding carboxylic acids is 1. The van der Waals surface area contributed by atoms with Crippen LogP contribution in [0.3, 0.4) is 0 Å². The normalized spacial score (nSPS) is 21.3. The molecule has 1 aromatic heterocycles. The number of hydrogen-bond donors (Lipinski definition) is 1. The van der Waals surface area contributed by atoms with Crippen LogP contribution in [0.25, 0.3) is 0 Å². The van der Waals surface area contributed by atoms with Gasteiger partial charge in [-0.2, -0.15) is 18.2 Å². The van der Waals surface area contributed by atoms with E-state index in [9.17, 15) is 18.0 Å². The Morgan fingerprint density at radius 2 is 2.17 bits per heavy atom. The Balaban J connectivity index is 1.89. The Morgan fingerprint density at radius 1 is 1.48 bits per heavy atom. The van der Waals surface area contributed by atoms with Crippen molar-refractivity contribution >= 4 is 6.03 Å². The zero-order valence-electron chi connectivity index (χ0n) is 13.1. The molecule has 23 heavy (non-hydrogen) atoms. The average Bonchev–Trinajstić information content (AvgIpc) is 2.81. The van der Waals surface area contributed by atoms with E-state index in [-0.39, 0.29) is 13.1 Å². The van der Waals surface area contributed by atoms with Crippen molar-refractivity contribution < 1.29 is 27.2 Å². The van der Waals surface area contributed by atoms with Crippen molar-refractivity contribution in [3.63, 3.8) is 0 Å². The van der Waals surface area contributed by atoms with E-state index in [2.05, 4.69) is 15.5 Å². The second-order valence-electron chi connectivity index (χ2n) is 6.01. The van der Waals surface area contributed by atoms with Crippen molar-refractivity contribution in [3.05, 3.63) is 11.7 Å². The number of halogens is 3. The molecule has 1 fully saturated rings. The second-order valence-corrected chi connectivity index (χ2v) is 6.01. The lowest BCUT2D eigenvalue weighted by molar-refractivity contribution is -0.267. The molecule has 2 amide bonds. The van der Waals surface area contributed by atoms with Crippen molar-refractivity contribution in [1.29, 1.82) is 0 Å². The lowest BCUT2D eigenvalue weighted by Gasteiger charge is -2.43. The minimum Gasteiger partial charge on any atom is -0.359 e. The van der Waals surface area contributed by atoms with E-state index >= 15 is 0 Å². The van der Waals surface area contributed by atoms with Crippen LogP contribution in [0.5, 0.6) is 0 Å². The van der Waals surface area contributed by atoms with E-state index < -0.39 is 30.5 Å². The van der Waals surface area contributed by atoms with Crippen molar-refractivity contribution in [2.75, 3.05) is 19.6 Å². The zero-order chi connectivity index (χ0) is 17.3. The molecule has 0 aliphatic carbocycles. The quantitative estimate of drug-likeness (QED) is 0.908. The molecule has 10 heteroatoms. The highest BCUT2D eigenvalue weighted by atomic mass is 19.4. The van der Waals surface area contributed by atoms with E-state index in [0.29, 0.717) is 18.1 Å². The van der Waals surface area contributed by atoms with Crippen LogP contribution < -0.4 is 5.32 Å². The van der Waals surface area contributed by atoms with Gasteiger partial charge in [0.15, 0.2) is 11.9 Å². The largest absolute Gasteiger partial charge is 0.416 e. The summed E-state index contributed by atoms with van der Waals surface area (Å²) in [6.07, 6.45) is -6.20. The molecule has 0 radical (unpaired) electrons. The molecule has 1 aliphatic heterocycles. The molecule has 0 bridgehead atoms. The average molecular weight is 336 g/mol. The van der Waals surface area contributed by atoms with E-state index in [1.807, 2.05) is 0 Å². The molecule has 0 spiro atoms. The molecular weight excluding hydrogens is 317 g/mol. The second kappa shape index (κ2) is 6.34. The first-order valence-electron chi connectivity index (χ1n) is 7.13. The highest BCUT2D eigenvalue weighted by Crippen LogP contribution is 2.31. The molecule has 7 nitrogen and oxygen atoms in total. The van der Waals surface area contributed by atoms with E-state index in [0.717, 1.165) is 4.90 Å². The predicted molar refractivity (Wildman–Crippen MR) is 72.7 cm³/mol. The molecule has 1 N–H and O–H groups in total. The van der Waals surface area contributed by atoms with Gasteiger partial charge in [0.2, 0.25) is 5.89 Å². The Bertz CT molecular complexity index is 559. The van der Waals surface area contributed by atoms with Crippen LogP contribution in [-0.4, -0.2) is 58.6 Å². The highest BCUT2D eigenvalue weighted by Gasteiger charge is 2.49.